The molecule has 86 heavy (non-hydrogen) atoms. The highest BCUT2D eigenvalue weighted by molar-refractivity contribution is 6.31. The Morgan fingerprint density at radius 3 is 1.45 bits per heavy atom. The summed E-state index contributed by atoms with van der Waals surface area (Å²) >= 11 is 5.74. The first-order chi connectivity index (χ1) is 41.5. The number of nitrogens with zero attached hydrogens (tertiary/aromatic N) is 2. The SMILES string of the molecule is O=C(O)CCNC(=O)c1ccc(CN(C(=O)NCc2ccccc2-c2ccccc2)c2ccc(C3=CCCCC3)cc2)cc1.O=C(O)CCNC(=O)c1ccc(CN(C(=O)Nc2ccc(Cl)c(C(F)(F)F)c2)c2ccc(C3=CCCCC3)cc2)cc1. The molecule has 9 rings (SSSR count). The van der Waals surface area contributed by atoms with E-state index < -0.39 is 40.6 Å². The zero-order valence-corrected chi connectivity index (χ0v) is 47.9. The van der Waals surface area contributed by atoms with Crippen LogP contribution in [0, 0.1) is 0 Å². The summed E-state index contributed by atoms with van der Waals surface area (Å²) in [5, 5.41) is 27.9. The van der Waals surface area contributed by atoms with Gasteiger partial charge in [-0.05, 0) is 168 Å². The van der Waals surface area contributed by atoms with Crippen molar-refractivity contribution in [3.05, 3.63) is 232 Å². The first-order valence-electron chi connectivity index (χ1n) is 28.4. The molecule has 0 heterocycles. The van der Waals surface area contributed by atoms with Crippen LogP contribution in [0.2, 0.25) is 5.02 Å². The van der Waals surface area contributed by atoms with Gasteiger partial charge in [0.15, 0.2) is 0 Å². The van der Waals surface area contributed by atoms with Crippen LogP contribution in [0.1, 0.15) is 118 Å². The third-order valence-corrected chi connectivity index (χ3v) is 14.9. The standard InChI is InChI=1S/C37H37N3O4.C31H29ClF3N3O4/c41-35(42)23-24-38-36(43)31-17-15-27(16-18-31)26-40(33-21-19-29(20-22-33)28-9-3-1-4-10-28)37(44)39-25-32-13-7-8-14-34(32)30-11-5-2-6-12-30;32-27-15-12-24(18-26(27)31(33,34)35)37-30(42)38(25-13-10-22(11-14-25)21-4-2-1-3-5-21)19-20-6-8-23(9-7-20)29(41)36-17-16-28(39)40/h2,5-9,11-22H,1,3-4,10,23-26H2,(H,38,43)(H,39,44)(H,41,42);4,6-15,18H,1-3,5,16-17,19H2,(H,36,41)(H,37,42)(H,39,40). The Kier molecular flexibility index (Phi) is 22.1. The number of hydrogen-bond donors (Lipinski definition) is 6. The van der Waals surface area contributed by atoms with Gasteiger partial charge in [0.05, 0.1) is 36.5 Å². The van der Waals surface area contributed by atoms with Crippen LogP contribution in [0.25, 0.3) is 22.3 Å². The van der Waals surface area contributed by atoms with Crippen LogP contribution in [0.15, 0.2) is 182 Å². The van der Waals surface area contributed by atoms with Gasteiger partial charge in [-0.25, -0.2) is 9.59 Å². The number of allylic oxidation sites excluding steroid dienone is 4. The Hall–Kier alpha value is -9.48. The second-order valence-corrected chi connectivity index (χ2v) is 21.1. The number of carbonyl (C=O) groups excluding carboxylic acids is 4. The van der Waals surface area contributed by atoms with E-state index in [9.17, 15) is 41.9 Å². The molecule has 0 aliphatic heterocycles. The second kappa shape index (κ2) is 30.4. The number of urea groups is 2. The van der Waals surface area contributed by atoms with Gasteiger partial charge in [-0.3, -0.25) is 29.0 Å². The molecule has 0 radical (unpaired) electrons. The fraction of sp³-hybridized carbons (Fsp3) is 0.235. The summed E-state index contributed by atoms with van der Waals surface area (Å²) in [7, 11) is 0. The van der Waals surface area contributed by atoms with Gasteiger partial charge in [-0.2, -0.15) is 13.2 Å². The highest BCUT2D eigenvalue weighted by Gasteiger charge is 2.34. The smallest absolute Gasteiger partial charge is 0.417 e. The van der Waals surface area contributed by atoms with Gasteiger partial charge < -0.3 is 31.5 Å². The van der Waals surface area contributed by atoms with Gasteiger partial charge in [0.2, 0.25) is 0 Å². The highest BCUT2D eigenvalue weighted by atomic mass is 35.5. The average molecular weight is 1190 g/mol. The summed E-state index contributed by atoms with van der Waals surface area (Å²) in [4.78, 5) is 76.5. The molecule has 6 N–H and O–H groups in total. The van der Waals surface area contributed by atoms with E-state index in [1.54, 1.807) is 53.4 Å². The Morgan fingerprint density at radius 2 is 0.988 bits per heavy atom. The maximum absolute atomic E-state index is 13.8. The van der Waals surface area contributed by atoms with Crippen LogP contribution in [-0.4, -0.2) is 59.1 Å². The van der Waals surface area contributed by atoms with Crippen molar-refractivity contribution < 1.29 is 52.2 Å². The first-order valence-corrected chi connectivity index (χ1v) is 28.8. The van der Waals surface area contributed by atoms with Gasteiger partial charge in [-0.15, -0.1) is 0 Å². The maximum Gasteiger partial charge on any atom is 0.417 e. The summed E-state index contributed by atoms with van der Waals surface area (Å²) in [5.41, 5.74) is 10.4. The summed E-state index contributed by atoms with van der Waals surface area (Å²) in [6, 6.07) is 49.4. The van der Waals surface area contributed by atoms with Crippen molar-refractivity contribution in [3.8, 4) is 11.1 Å². The minimum absolute atomic E-state index is 0.0164. The molecule has 444 valence electrons. The summed E-state index contributed by atoms with van der Waals surface area (Å²) in [5.74, 6) is -2.77. The van der Waals surface area contributed by atoms with E-state index in [-0.39, 0.29) is 50.1 Å². The number of nitrogens with one attached hydrogen (secondary N) is 4. The van der Waals surface area contributed by atoms with E-state index >= 15 is 0 Å². The number of anilines is 3. The monoisotopic (exact) mass is 1190 g/mol. The molecule has 7 aromatic carbocycles. The van der Waals surface area contributed by atoms with Crippen LogP contribution < -0.4 is 31.1 Å². The van der Waals surface area contributed by atoms with E-state index in [1.165, 1.54) is 40.5 Å². The maximum atomic E-state index is 13.8. The van der Waals surface area contributed by atoms with Crippen molar-refractivity contribution in [2.45, 2.75) is 90.0 Å². The largest absolute Gasteiger partial charge is 0.481 e. The van der Waals surface area contributed by atoms with Crippen LogP contribution in [0.5, 0.6) is 0 Å². The number of carboxylic acid groups (broad SMARTS) is 2. The van der Waals surface area contributed by atoms with Crippen LogP contribution in [0.4, 0.5) is 39.8 Å². The molecule has 18 heteroatoms. The van der Waals surface area contributed by atoms with Crippen molar-refractivity contribution in [2.24, 2.45) is 0 Å². The highest BCUT2D eigenvalue weighted by Crippen LogP contribution is 2.37. The summed E-state index contributed by atoms with van der Waals surface area (Å²) in [6.07, 6.45) is 8.32. The number of aliphatic carboxylic acids is 2. The molecule has 2 aliphatic carbocycles. The van der Waals surface area contributed by atoms with E-state index in [0.717, 1.165) is 84.2 Å². The zero-order chi connectivity index (χ0) is 61.0. The predicted molar refractivity (Wildman–Crippen MR) is 330 cm³/mol. The molecule has 0 aromatic heterocycles. The van der Waals surface area contributed by atoms with E-state index in [1.807, 2.05) is 72.8 Å². The van der Waals surface area contributed by atoms with Gasteiger partial charge in [-0.1, -0.05) is 127 Å². The zero-order valence-electron chi connectivity index (χ0n) is 47.2. The molecular formula is C68H66ClF3N6O8. The number of alkyl halides is 3. The lowest BCUT2D eigenvalue weighted by Crippen LogP contribution is -2.39. The number of hydrogen-bond acceptors (Lipinski definition) is 6. The number of rotatable bonds is 20. The summed E-state index contributed by atoms with van der Waals surface area (Å²) in [6.45, 7) is 0.756. The minimum Gasteiger partial charge on any atom is -0.481 e. The van der Waals surface area contributed by atoms with Crippen molar-refractivity contribution in [1.82, 2.24) is 16.0 Å². The molecular weight excluding hydrogens is 1120 g/mol. The Balaban J connectivity index is 0.000000224. The molecule has 6 amide bonds. The molecule has 0 unspecified atom stereocenters. The van der Waals surface area contributed by atoms with Crippen molar-refractivity contribution in [3.63, 3.8) is 0 Å². The molecule has 0 saturated carbocycles. The number of carboxylic acids is 2. The van der Waals surface area contributed by atoms with Gasteiger partial charge in [0, 0.05) is 47.8 Å². The number of amides is 6. The molecule has 0 bridgehead atoms. The third kappa shape index (κ3) is 18.0. The predicted octanol–water partition coefficient (Wildman–Crippen LogP) is 15.2. The van der Waals surface area contributed by atoms with E-state index in [4.69, 9.17) is 21.8 Å². The molecule has 0 fully saturated rings. The fourth-order valence-corrected chi connectivity index (χ4v) is 10.2. The van der Waals surface area contributed by atoms with Crippen molar-refractivity contribution in [2.75, 3.05) is 28.2 Å². The van der Waals surface area contributed by atoms with Gasteiger partial charge in [0.1, 0.15) is 0 Å². The Bertz CT molecular complexity index is 3560. The number of halogens is 4. The molecule has 14 nitrogen and oxygen atoms in total. The van der Waals surface area contributed by atoms with Crippen molar-refractivity contribution in [1.29, 1.82) is 0 Å². The number of benzene rings is 7. The number of carbonyl (C=O) groups is 6. The minimum atomic E-state index is -4.69. The van der Waals surface area contributed by atoms with Gasteiger partial charge in [0.25, 0.3) is 11.8 Å². The van der Waals surface area contributed by atoms with Crippen LogP contribution >= 0.6 is 11.6 Å². The van der Waals surface area contributed by atoms with Crippen molar-refractivity contribution >= 4 is 75.6 Å². The van der Waals surface area contributed by atoms with E-state index in [0.29, 0.717) is 35.5 Å². The normalized spacial score (nSPS) is 12.9. The fourth-order valence-electron chi connectivity index (χ4n) is 9.98. The lowest BCUT2D eigenvalue weighted by atomic mass is 9.93. The molecule has 2 aliphatic rings. The second-order valence-electron chi connectivity index (χ2n) is 20.7. The molecule has 0 spiro atoms. The quantitative estimate of drug-likeness (QED) is 0.0433. The lowest BCUT2D eigenvalue weighted by molar-refractivity contribution is -0.138. The van der Waals surface area contributed by atoms with Crippen LogP contribution in [-0.2, 0) is 35.4 Å². The molecule has 0 saturated heterocycles. The Morgan fingerprint density at radius 1 is 0.512 bits per heavy atom. The van der Waals surface area contributed by atoms with E-state index in [2.05, 4.69) is 63.8 Å². The first kappa shape index (κ1) is 62.6. The van der Waals surface area contributed by atoms with Crippen LogP contribution in [0.3, 0.4) is 0 Å². The third-order valence-electron chi connectivity index (χ3n) is 14.6. The lowest BCUT2D eigenvalue weighted by Gasteiger charge is -2.24. The topological polar surface area (TPSA) is 197 Å². The van der Waals surface area contributed by atoms with Gasteiger partial charge >= 0.3 is 30.2 Å². The molecule has 7 aromatic rings. The summed E-state index contributed by atoms with van der Waals surface area (Å²) < 4.78 is 40.2. The molecule has 0 atom stereocenters. The average Bonchev–Trinajstić information content (AvgIpc) is 2.89. The Labute approximate surface area is 502 Å².